The average Bonchev–Trinajstić information content (AvgIpc) is 2.94. The number of carbonyl (C=O) groups excluding carboxylic acids is 2. The largest absolute Gasteiger partial charge is 0.366 e. The van der Waals surface area contributed by atoms with E-state index in [0.29, 0.717) is 16.8 Å². The Morgan fingerprint density at radius 1 is 0.900 bits per heavy atom. The first-order chi connectivity index (χ1) is 9.66. The highest BCUT2D eigenvalue weighted by molar-refractivity contribution is 6.09. The van der Waals surface area contributed by atoms with Crippen molar-refractivity contribution in [2.75, 3.05) is 0 Å². The second-order valence-corrected chi connectivity index (χ2v) is 4.49. The van der Waals surface area contributed by atoms with Gasteiger partial charge in [-0.05, 0) is 24.3 Å². The van der Waals surface area contributed by atoms with Crippen LogP contribution in [0.5, 0.6) is 0 Å². The van der Waals surface area contributed by atoms with E-state index >= 15 is 0 Å². The van der Waals surface area contributed by atoms with Crippen molar-refractivity contribution in [2.24, 2.45) is 5.73 Å². The zero-order valence-electron chi connectivity index (χ0n) is 10.6. The van der Waals surface area contributed by atoms with Gasteiger partial charge in [-0.25, -0.2) is 0 Å². The number of nitrogens with two attached hydrogens (primary N) is 1. The van der Waals surface area contributed by atoms with Crippen molar-refractivity contribution >= 4 is 17.2 Å². The number of ketones is 1. The molecule has 0 atom stereocenters. The number of primary amides is 1. The highest BCUT2D eigenvalue weighted by atomic mass is 16.1. The minimum absolute atomic E-state index is 0.144. The molecule has 0 spiro atoms. The Hall–Kier alpha value is -2.88. The second kappa shape index (κ2) is 4.66. The fourth-order valence-electron chi connectivity index (χ4n) is 2.20. The van der Waals surface area contributed by atoms with Crippen LogP contribution in [-0.4, -0.2) is 16.1 Å². The molecule has 1 aromatic carbocycles. The first-order valence-electron chi connectivity index (χ1n) is 6.17. The van der Waals surface area contributed by atoms with E-state index in [1.54, 1.807) is 40.9 Å². The topological polar surface area (TPSA) is 64.6 Å². The van der Waals surface area contributed by atoms with Crippen molar-refractivity contribution in [3.63, 3.8) is 0 Å². The summed E-state index contributed by atoms with van der Waals surface area (Å²) < 4.78 is 1.75. The van der Waals surface area contributed by atoms with Crippen LogP contribution in [0.2, 0.25) is 0 Å². The molecule has 98 valence electrons. The van der Waals surface area contributed by atoms with Gasteiger partial charge in [0.1, 0.15) is 0 Å². The molecular weight excluding hydrogens is 252 g/mol. The number of nitrogens with zero attached hydrogens (tertiary/aromatic N) is 1. The Kier molecular flexibility index (Phi) is 2.84. The number of hydrogen-bond donors (Lipinski definition) is 1. The summed E-state index contributed by atoms with van der Waals surface area (Å²) in [5.74, 6) is -0.689. The molecule has 0 bridgehead atoms. The molecule has 1 amide bonds. The molecule has 3 rings (SSSR count). The van der Waals surface area contributed by atoms with Gasteiger partial charge in [-0.2, -0.15) is 0 Å². The minimum atomic E-state index is -0.546. The zero-order valence-corrected chi connectivity index (χ0v) is 10.6. The fraction of sp³-hybridized carbons (Fsp3) is 0. The first kappa shape index (κ1) is 12.2. The van der Waals surface area contributed by atoms with E-state index in [1.165, 1.54) is 6.07 Å². The third-order valence-corrected chi connectivity index (χ3v) is 3.19. The maximum Gasteiger partial charge on any atom is 0.248 e. The summed E-state index contributed by atoms with van der Waals surface area (Å²) >= 11 is 0. The number of carbonyl (C=O) groups is 2. The van der Waals surface area contributed by atoms with Crippen LogP contribution in [-0.2, 0) is 0 Å². The van der Waals surface area contributed by atoms with E-state index in [9.17, 15) is 9.59 Å². The molecule has 2 heterocycles. The summed E-state index contributed by atoms with van der Waals surface area (Å²) in [7, 11) is 0. The summed E-state index contributed by atoms with van der Waals surface area (Å²) in [4.78, 5) is 23.9. The Bertz CT molecular complexity index is 804. The number of aromatic nitrogens is 1. The van der Waals surface area contributed by atoms with Gasteiger partial charge in [-0.15, -0.1) is 0 Å². The van der Waals surface area contributed by atoms with Crippen LogP contribution in [0.1, 0.15) is 26.4 Å². The van der Waals surface area contributed by atoms with E-state index < -0.39 is 5.91 Å². The highest BCUT2D eigenvalue weighted by Crippen LogP contribution is 2.16. The maximum atomic E-state index is 12.6. The molecule has 0 unspecified atom stereocenters. The van der Waals surface area contributed by atoms with Gasteiger partial charge in [-0.1, -0.05) is 30.3 Å². The molecule has 0 aliphatic rings. The molecule has 4 nitrogen and oxygen atoms in total. The number of pyridine rings is 1. The van der Waals surface area contributed by atoms with E-state index in [2.05, 4.69) is 0 Å². The second-order valence-electron chi connectivity index (χ2n) is 4.49. The van der Waals surface area contributed by atoms with Gasteiger partial charge in [0.2, 0.25) is 11.7 Å². The molecule has 0 aliphatic heterocycles. The number of benzene rings is 1. The lowest BCUT2D eigenvalue weighted by molar-refractivity contribution is 0.100. The van der Waals surface area contributed by atoms with Crippen LogP contribution in [0.4, 0.5) is 0 Å². The molecule has 2 aromatic heterocycles. The third-order valence-electron chi connectivity index (χ3n) is 3.19. The Morgan fingerprint density at radius 3 is 2.35 bits per heavy atom. The van der Waals surface area contributed by atoms with Crippen molar-refractivity contribution in [3.8, 4) is 0 Å². The number of fused-ring (bicyclic) bond motifs is 1. The van der Waals surface area contributed by atoms with Crippen LogP contribution in [0.15, 0.2) is 60.8 Å². The molecule has 3 aromatic rings. The monoisotopic (exact) mass is 264 g/mol. The summed E-state index contributed by atoms with van der Waals surface area (Å²) in [6.45, 7) is 0. The highest BCUT2D eigenvalue weighted by Gasteiger charge is 2.15. The predicted molar refractivity (Wildman–Crippen MR) is 75.8 cm³/mol. The SMILES string of the molecule is NC(=O)c1cc(C(=O)c2ccccc2)n2cccc2c1. The smallest absolute Gasteiger partial charge is 0.248 e. The lowest BCUT2D eigenvalue weighted by Gasteiger charge is -2.07. The van der Waals surface area contributed by atoms with Crippen molar-refractivity contribution in [1.82, 2.24) is 4.40 Å². The normalized spacial score (nSPS) is 10.6. The van der Waals surface area contributed by atoms with E-state index in [-0.39, 0.29) is 5.78 Å². The van der Waals surface area contributed by atoms with Gasteiger partial charge >= 0.3 is 0 Å². The molecule has 0 saturated carbocycles. The molecule has 0 radical (unpaired) electrons. The Morgan fingerprint density at radius 2 is 1.65 bits per heavy atom. The predicted octanol–water partition coefficient (Wildman–Crippen LogP) is 2.27. The van der Waals surface area contributed by atoms with Crippen LogP contribution in [0, 0.1) is 0 Å². The summed E-state index contributed by atoms with van der Waals surface area (Å²) in [5, 5.41) is 0. The molecule has 2 N–H and O–H groups in total. The van der Waals surface area contributed by atoms with E-state index in [4.69, 9.17) is 5.73 Å². The number of amides is 1. The number of rotatable bonds is 3. The summed E-state index contributed by atoms with van der Waals surface area (Å²) in [5.41, 5.74) is 7.41. The standard InChI is InChI=1S/C16H12N2O2/c17-16(20)12-9-13-7-4-8-18(13)14(10-12)15(19)11-5-2-1-3-6-11/h1-10H,(H2,17,20). The molecule has 4 heteroatoms. The molecular formula is C16H12N2O2. The van der Waals surface area contributed by atoms with Crippen LogP contribution < -0.4 is 5.73 Å². The van der Waals surface area contributed by atoms with Gasteiger partial charge in [-0.3, -0.25) is 9.59 Å². The van der Waals surface area contributed by atoms with E-state index in [0.717, 1.165) is 5.52 Å². The molecule has 0 aliphatic carbocycles. The van der Waals surface area contributed by atoms with Gasteiger partial charge in [0.05, 0.1) is 5.69 Å². The van der Waals surface area contributed by atoms with Crippen molar-refractivity contribution in [1.29, 1.82) is 0 Å². The Balaban J connectivity index is 2.22. The molecule has 0 saturated heterocycles. The molecule has 20 heavy (non-hydrogen) atoms. The fourth-order valence-corrected chi connectivity index (χ4v) is 2.20. The van der Waals surface area contributed by atoms with E-state index in [1.807, 2.05) is 18.2 Å². The summed E-state index contributed by atoms with van der Waals surface area (Å²) in [6.07, 6.45) is 1.79. The van der Waals surface area contributed by atoms with Crippen molar-refractivity contribution in [2.45, 2.75) is 0 Å². The maximum absolute atomic E-state index is 12.6. The van der Waals surface area contributed by atoms with Gasteiger partial charge in [0, 0.05) is 22.8 Å². The lowest BCUT2D eigenvalue weighted by Crippen LogP contribution is -2.14. The van der Waals surface area contributed by atoms with Gasteiger partial charge < -0.3 is 10.1 Å². The summed E-state index contributed by atoms with van der Waals surface area (Å²) in [6, 6.07) is 15.8. The zero-order chi connectivity index (χ0) is 14.1. The third kappa shape index (κ3) is 1.97. The first-order valence-corrected chi connectivity index (χ1v) is 6.17. The minimum Gasteiger partial charge on any atom is -0.366 e. The van der Waals surface area contributed by atoms with Gasteiger partial charge in [0.25, 0.3) is 0 Å². The van der Waals surface area contributed by atoms with Crippen molar-refractivity contribution in [3.05, 3.63) is 77.6 Å². The lowest BCUT2D eigenvalue weighted by atomic mass is 10.1. The Labute approximate surface area is 115 Å². The van der Waals surface area contributed by atoms with Gasteiger partial charge in [0.15, 0.2) is 0 Å². The van der Waals surface area contributed by atoms with Crippen LogP contribution >= 0.6 is 0 Å². The molecule has 0 fully saturated rings. The van der Waals surface area contributed by atoms with Crippen LogP contribution in [0.3, 0.4) is 0 Å². The average molecular weight is 264 g/mol. The number of hydrogen-bond acceptors (Lipinski definition) is 2. The quantitative estimate of drug-likeness (QED) is 0.737. The van der Waals surface area contributed by atoms with Crippen LogP contribution in [0.25, 0.3) is 5.52 Å². The van der Waals surface area contributed by atoms with Crippen molar-refractivity contribution < 1.29 is 9.59 Å².